The van der Waals surface area contributed by atoms with Gasteiger partial charge >= 0.3 is 0 Å². The van der Waals surface area contributed by atoms with Crippen molar-refractivity contribution in [1.82, 2.24) is 4.57 Å². The molecule has 0 amide bonds. The molecule has 2 aromatic rings. The minimum atomic E-state index is -1.14. The monoisotopic (exact) mass is 207 g/mol. The summed E-state index contributed by atoms with van der Waals surface area (Å²) in [7, 11) is 1.87. The summed E-state index contributed by atoms with van der Waals surface area (Å²) in [6, 6.07) is 5.18. The molecule has 1 aromatic heterocycles. The summed E-state index contributed by atoms with van der Waals surface area (Å²) in [5.74, 6) is -0.333. The molecule has 0 aliphatic carbocycles. The second-order valence-corrected chi connectivity index (χ2v) is 4.35. The average Bonchev–Trinajstić information content (AvgIpc) is 2.47. The lowest BCUT2D eigenvalue weighted by Crippen LogP contribution is -2.17. The number of halogens is 1. The van der Waals surface area contributed by atoms with E-state index in [4.69, 9.17) is 0 Å². The molecule has 1 N–H and O–H groups in total. The minimum absolute atomic E-state index is 0.333. The Balaban J connectivity index is 2.77. The van der Waals surface area contributed by atoms with Crippen molar-refractivity contribution in [3.05, 3.63) is 35.8 Å². The lowest BCUT2D eigenvalue weighted by atomic mass is 9.96. The molecule has 1 aromatic carbocycles. The molecule has 2 nitrogen and oxygen atoms in total. The molecule has 0 aliphatic rings. The van der Waals surface area contributed by atoms with Gasteiger partial charge in [-0.15, -0.1) is 0 Å². The molecular formula is C12H14FNO. The standard InChI is InChI=1S/C12H14FNO/c1-12(2,15)9-4-5-10-8(11(9)13)6-7-14(10)3/h4-7,15H,1-3H3. The molecule has 2 rings (SSSR count). The van der Waals surface area contributed by atoms with E-state index in [1.165, 1.54) is 0 Å². The predicted molar refractivity (Wildman–Crippen MR) is 58.1 cm³/mol. The maximum absolute atomic E-state index is 14.0. The third-order valence-electron chi connectivity index (χ3n) is 2.66. The topological polar surface area (TPSA) is 25.2 Å². The van der Waals surface area contributed by atoms with Gasteiger partial charge in [0.15, 0.2) is 0 Å². The highest BCUT2D eigenvalue weighted by molar-refractivity contribution is 5.81. The highest BCUT2D eigenvalue weighted by Crippen LogP contribution is 2.28. The third-order valence-corrected chi connectivity index (χ3v) is 2.66. The average molecular weight is 207 g/mol. The van der Waals surface area contributed by atoms with E-state index in [-0.39, 0.29) is 5.82 Å². The van der Waals surface area contributed by atoms with Gasteiger partial charge in [-0.05, 0) is 26.0 Å². The Morgan fingerprint density at radius 1 is 1.27 bits per heavy atom. The molecule has 3 heteroatoms. The molecule has 0 spiro atoms. The number of nitrogens with zero attached hydrogens (tertiary/aromatic N) is 1. The van der Waals surface area contributed by atoms with Gasteiger partial charge in [0.05, 0.1) is 11.1 Å². The number of aryl methyl sites for hydroxylation is 1. The Morgan fingerprint density at radius 3 is 2.53 bits per heavy atom. The van der Waals surface area contributed by atoms with Crippen molar-refractivity contribution in [2.24, 2.45) is 7.05 Å². The zero-order valence-electron chi connectivity index (χ0n) is 9.08. The Labute approximate surface area is 88.0 Å². The predicted octanol–water partition coefficient (Wildman–Crippen LogP) is 2.54. The fourth-order valence-corrected chi connectivity index (χ4v) is 1.79. The van der Waals surface area contributed by atoms with Crippen LogP contribution in [-0.4, -0.2) is 9.67 Å². The number of benzene rings is 1. The molecule has 0 radical (unpaired) electrons. The van der Waals surface area contributed by atoms with Gasteiger partial charge < -0.3 is 9.67 Å². The first-order valence-corrected chi connectivity index (χ1v) is 4.87. The Hall–Kier alpha value is -1.35. The zero-order valence-corrected chi connectivity index (χ0v) is 9.08. The molecular weight excluding hydrogens is 193 g/mol. The van der Waals surface area contributed by atoms with E-state index in [9.17, 15) is 9.50 Å². The molecule has 0 atom stereocenters. The van der Waals surface area contributed by atoms with Crippen molar-refractivity contribution in [2.75, 3.05) is 0 Å². The van der Waals surface area contributed by atoms with Gasteiger partial charge in [-0.3, -0.25) is 0 Å². The van der Waals surface area contributed by atoms with Gasteiger partial charge in [-0.1, -0.05) is 6.07 Å². The molecule has 15 heavy (non-hydrogen) atoms. The van der Waals surface area contributed by atoms with Gasteiger partial charge in [0.2, 0.25) is 0 Å². The summed E-state index contributed by atoms with van der Waals surface area (Å²) < 4.78 is 15.9. The van der Waals surface area contributed by atoms with E-state index in [1.54, 1.807) is 26.0 Å². The van der Waals surface area contributed by atoms with Crippen molar-refractivity contribution in [1.29, 1.82) is 0 Å². The highest BCUT2D eigenvalue weighted by Gasteiger charge is 2.22. The fraction of sp³-hybridized carbons (Fsp3) is 0.333. The summed E-state index contributed by atoms with van der Waals surface area (Å²) in [4.78, 5) is 0. The SMILES string of the molecule is Cn1ccc2c(F)c(C(C)(C)O)ccc21. The maximum Gasteiger partial charge on any atom is 0.138 e. The molecule has 0 unspecified atom stereocenters. The Kier molecular flexibility index (Phi) is 2.08. The first kappa shape index (κ1) is 10.2. The number of aromatic nitrogens is 1. The van der Waals surface area contributed by atoms with Crippen LogP contribution in [0.5, 0.6) is 0 Å². The lowest BCUT2D eigenvalue weighted by molar-refractivity contribution is 0.0749. The van der Waals surface area contributed by atoms with Crippen LogP contribution in [0.25, 0.3) is 10.9 Å². The summed E-state index contributed by atoms with van der Waals surface area (Å²) in [6.07, 6.45) is 1.81. The second-order valence-electron chi connectivity index (χ2n) is 4.35. The molecule has 1 heterocycles. The quantitative estimate of drug-likeness (QED) is 0.763. The van der Waals surface area contributed by atoms with E-state index in [0.717, 1.165) is 5.52 Å². The van der Waals surface area contributed by atoms with Crippen LogP contribution < -0.4 is 0 Å². The first-order chi connectivity index (χ1) is 6.91. The number of hydrogen-bond acceptors (Lipinski definition) is 1. The largest absolute Gasteiger partial charge is 0.386 e. The van der Waals surface area contributed by atoms with Gasteiger partial charge in [-0.2, -0.15) is 0 Å². The van der Waals surface area contributed by atoms with Gasteiger partial charge in [0, 0.05) is 24.2 Å². The Bertz CT molecular complexity index is 508. The van der Waals surface area contributed by atoms with Crippen LogP contribution in [0.2, 0.25) is 0 Å². The maximum atomic E-state index is 14.0. The minimum Gasteiger partial charge on any atom is -0.386 e. The summed E-state index contributed by atoms with van der Waals surface area (Å²) >= 11 is 0. The first-order valence-electron chi connectivity index (χ1n) is 4.87. The lowest BCUT2D eigenvalue weighted by Gasteiger charge is -2.18. The summed E-state index contributed by atoms with van der Waals surface area (Å²) in [5, 5.41) is 10.3. The number of aliphatic hydroxyl groups is 1. The normalized spacial score (nSPS) is 12.3. The van der Waals surface area contributed by atoms with Gasteiger partial charge in [-0.25, -0.2) is 4.39 Å². The van der Waals surface area contributed by atoms with Crippen molar-refractivity contribution < 1.29 is 9.50 Å². The van der Waals surface area contributed by atoms with Crippen LogP contribution in [0.3, 0.4) is 0 Å². The van der Waals surface area contributed by atoms with Gasteiger partial charge in [0.1, 0.15) is 5.82 Å². The van der Waals surface area contributed by atoms with Crippen LogP contribution in [0.15, 0.2) is 24.4 Å². The molecule has 80 valence electrons. The highest BCUT2D eigenvalue weighted by atomic mass is 19.1. The molecule has 0 saturated carbocycles. The van der Waals surface area contributed by atoms with Crippen molar-refractivity contribution >= 4 is 10.9 Å². The van der Waals surface area contributed by atoms with Crippen LogP contribution in [0.4, 0.5) is 4.39 Å². The van der Waals surface area contributed by atoms with E-state index in [2.05, 4.69) is 0 Å². The van der Waals surface area contributed by atoms with Crippen LogP contribution >= 0.6 is 0 Å². The van der Waals surface area contributed by atoms with Crippen molar-refractivity contribution in [2.45, 2.75) is 19.4 Å². The smallest absolute Gasteiger partial charge is 0.138 e. The molecule has 0 aliphatic heterocycles. The molecule has 0 saturated heterocycles. The summed E-state index contributed by atoms with van der Waals surface area (Å²) in [6.45, 7) is 3.17. The van der Waals surface area contributed by atoms with E-state index < -0.39 is 5.60 Å². The van der Waals surface area contributed by atoms with E-state index >= 15 is 0 Å². The van der Waals surface area contributed by atoms with Crippen LogP contribution in [-0.2, 0) is 12.6 Å². The van der Waals surface area contributed by atoms with Crippen LogP contribution in [0, 0.1) is 5.82 Å². The molecule has 0 bridgehead atoms. The number of rotatable bonds is 1. The van der Waals surface area contributed by atoms with Crippen molar-refractivity contribution in [3.8, 4) is 0 Å². The summed E-state index contributed by atoms with van der Waals surface area (Å²) in [5.41, 5.74) is 0.0235. The third kappa shape index (κ3) is 1.53. The van der Waals surface area contributed by atoms with E-state index in [0.29, 0.717) is 10.9 Å². The van der Waals surface area contributed by atoms with E-state index in [1.807, 2.05) is 23.9 Å². The number of hydrogen-bond donors (Lipinski definition) is 1. The second kappa shape index (κ2) is 3.07. The number of fused-ring (bicyclic) bond motifs is 1. The van der Waals surface area contributed by atoms with Gasteiger partial charge in [0.25, 0.3) is 0 Å². The fourth-order valence-electron chi connectivity index (χ4n) is 1.79. The molecule has 0 fully saturated rings. The Morgan fingerprint density at radius 2 is 1.93 bits per heavy atom. The zero-order chi connectivity index (χ0) is 11.2. The van der Waals surface area contributed by atoms with Crippen molar-refractivity contribution in [3.63, 3.8) is 0 Å². The van der Waals surface area contributed by atoms with Crippen LogP contribution in [0.1, 0.15) is 19.4 Å².